The third-order valence-corrected chi connectivity index (χ3v) is 4.99. The summed E-state index contributed by atoms with van der Waals surface area (Å²) in [5.74, 6) is 0. The summed E-state index contributed by atoms with van der Waals surface area (Å²) in [4.78, 5) is 1.49. The van der Waals surface area contributed by atoms with E-state index < -0.39 is 0 Å². The first-order chi connectivity index (χ1) is 10.2. The topological polar surface area (TPSA) is 29.9 Å². The highest BCUT2D eigenvalue weighted by atomic mass is 32.1. The minimum atomic E-state index is 0.403. The van der Waals surface area contributed by atoms with Crippen LogP contribution in [0.1, 0.15) is 55.1 Å². The van der Waals surface area contributed by atoms with E-state index in [2.05, 4.69) is 55.7 Å². The predicted molar refractivity (Wildman–Crippen MR) is 91.0 cm³/mol. The van der Waals surface area contributed by atoms with Gasteiger partial charge in [-0.05, 0) is 48.9 Å². The molecule has 0 fully saturated rings. The summed E-state index contributed by atoms with van der Waals surface area (Å²) in [6, 6.07) is 4.92. The lowest BCUT2D eigenvalue weighted by Crippen LogP contribution is -2.25. The highest BCUT2D eigenvalue weighted by molar-refractivity contribution is 7.10. The molecule has 4 heteroatoms. The fraction of sp³-hybridized carbons (Fsp3) is 0.588. The van der Waals surface area contributed by atoms with Crippen molar-refractivity contribution < 1.29 is 0 Å². The van der Waals surface area contributed by atoms with Crippen LogP contribution in [-0.4, -0.2) is 16.3 Å². The van der Waals surface area contributed by atoms with Gasteiger partial charge in [-0.3, -0.25) is 4.68 Å². The monoisotopic (exact) mass is 305 g/mol. The lowest BCUT2D eigenvalue weighted by molar-refractivity contribution is 0.516. The number of aryl methyl sites for hydroxylation is 3. The van der Waals surface area contributed by atoms with Gasteiger partial charge in [-0.25, -0.2) is 0 Å². The van der Waals surface area contributed by atoms with Crippen LogP contribution < -0.4 is 5.32 Å². The van der Waals surface area contributed by atoms with Crippen LogP contribution in [0.5, 0.6) is 0 Å². The Hall–Kier alpha value is -1.13. The Morgan fingerprint density at radius 1 is 1.29 bits per heavy atom. The molecule has 0 aromatic carbocycles. The van der Waals surface area contributed by atoms with E-state index in [1.54, 1.807) is 0 Å². The van der Waals surface area contributed by atoms with Crippen LogP contribution >= 0.6 is 11.3 Å². The summed E-state index contributed by atoms with van der Waals surface area (Å²) in [6.07, 6.45) is 4.28. The highest BCUT2D eigenvalue weighted by Crippen LogP contribution is 2.28. The van der Waals surface area contributed by atoms with Crippen molar-refractivity contribution in [3.05, 3.63) is 39.3 Å². The van der Waals surface area contributed by atoms with E-state index in [-0.39, 0.29) is 0 Å². The second-order valence-corrected chi connectivity index (χ2v) is 6.43. The van der Waals surface area contributed by atoms with Crippen LogP contribution in [0.15, 0.2) is 17.5 Å². The smallest absolute Gasteiger partial charge is 0.0624 e. The van der Waals surface area contributed by atoms with E-state index in [0.29, 0.717) is 6.04 Å². The fourth-order valence-corrected chi connectivity index (χ4v) is 3.74. The van der Waals surface area contributed by atoms with Gasteiger partial charge in [-0.15, -0.1) is 11.3 Å². The van der Waals surface area contributed by atoms with Crippen LogP contribution in [0, 0.1) is 0 Å². The maximum Gasteiger partial charge on any atom is 0.0624 e. The number of nitrogens with one attached hydrogen (secondary N) is 1. The van der Waals surface area contributed by atoms with Crippen LogP contribution in [0.4, 0.5) is 0 Å². The highest BCUT2D eigenvalue weighted by Gasteiger charge is 2.18. The minimum absolute atomic E-state index is 0.403. The summed E-state index contributed by atoms with van der Waals surface area (Å²) in [5.41, 5.74) is 3.98. The summed E-state index contributed by atoms with van der Waals surface area (Å²) in [7, 11) is 2.06. The van der Waals surface area contributed by atoms with Crippen LogP contribution in [0.2, 0.25) is 0 Å². The molecule has 1 unspecified atom stereocenters. The molecule has 0 saturated carbocycles. The molecule has 2 aromatic heterocycles. The van der Waals surface area contributed by atoms with Crippen molar-refractivity contribution in [2.75, 3.05) is 6.54 Å². The zero-order valence-electron chi connectivity index (χ0n) is 13.6. The normalized spacial score (nSPS) is 12.8. The molecule has 1 atom stereocenters. The van der Waals surface area contributed by atoms with Gasteiger partial charge < -0.3 is 5.32 Å². The van der Waals surface area contributed by atoms with Gasteiger partial charge in [0.25, 0.3) is 0 Å². The molecule has 0 amide bonds. The molecule has 2 heterocycles. The molecule has 1 N–H and O–H groups in total. The van der Waals surface area contributed by atoms with Crippen molar-refractivity contribution in [1.29, 1.82) is 0 Å². The number of nitrogens with zero attached hydrogens (tertiary/aromatic N) is 2. The molecule has 21 heavy (non-hydrogen) atoms. The van der Waals surface area contributed by atoms with Crippen molar-refractivity contribution in [1.82, 2.24) is 15.1 Å². The van der Waals surface area contributed by atoms with Crippen molar-refractivity contribution >= 4 is 11.3 Å². The standard InChI is InChI=1S/C17H27N3S/c1-5-9-18-16(17-13(6-2)8-10-21-17)12-15-11-14(7-3)19-20(15)4/h8,10-11,16,18H,5-7,9,12H2,1-4H3. The van der Waals surface area contributed by atoms with Gasteiger partial charge in [-0.1, -0.05) is 20.8 Å². The number of hydrogen-bond donors (Lipinski definition) is 1. The average Bonchev–Trinajstić information content (AvgIpc) is 3.09. The molecular formula is C17H27N3S. The molecule has 0 radical (unpaired) electrons. The lowest BCUT2D eigenvalue weighted by Gasteiger charge is -2.19. The zero-order chi connectivity index (χ0) is 15.2. The van der Waals surface area contributed by atoms with Crippen LogP contribution in [-0.2, 0) is 26.3 Å². The van der Waals surface area contributed by atoms with Gasteiger partial charge >= 0.3 is 0 Å². The molecular weight excluding hydrogens is 278 g/mol. The molecule has 116 valence electrons. The maximum absolute atomic E-state index is 4.58. The van der Waals surface area contributed by atoms with Gasteiger partial charge in [0.1, 0.15) is 0 Å². The first kappa shape index (κ1) is 16.2. The van der Waals surface area contributed by atoms with E-state index in [1.165, 1.54) is 21.8 Å². The van der Waals surface area contributed by atoms with Crippen LogP contribution in [0.25, 0.3) is 0 Å². The molecule has 0 bridgehead atoms. The third-order valence-electron chi connectivity index (χ3n) is 3.92. The Kier molecular flexibility index (Phi) is 6.00. The van der Waals surface area contributed by atoms with Gasteiger partial charge in [0.15, 0.2) is 0 Å². The van der Waals surface area contributed by atoms with Crippen molar-refractivity contribution in [2.24, 2.45) is 7.05 Å². The molecule has 0 spiro atoms. The second kappa shape index (κ2) is 7.76. The summed E-state index contributed by atoms with van der Waals surface area (Å²) < 4.78 is 2.04. The first-order valence-electron chi connectivity index (χ1n) is 8.00. The molecule has 0 aliphatic rings. The molecule has 0 aliphatic heterocycles. The summed E-state index contributed by atoms with van der Waals surface area (Å²) >= 11 is 1.88. The van der Waals surface area contributed by atoms with Crippen molar-refractivity contribution in [3.63, 3.8) is 0 Å². The van der Waals surface area contributed by atoms with E-state index in [4.69, 9.17) is 0 Å². The Morgan fingerprint density at radius 2 is 2.10 bits per heavy atom. The summed E-state index contributed by atoms with van der Waals surface area (Å²) in [6.45, 7) is 7.68. The van der Waals surface area contributed by atoms with E-state index in [1.807, 2.05) is 16.0 Å². The third kappa shape index (κ3) is 3.95. The Bertz CT molecular complexity index is 556. The van der Waals surface area contributed by atoms with Crippen molar-refractivity contribution in [3.8, 4) is 0 Å². The fourth-order valence-electron chi connectivity index (χ4n) is 2.67. The number of hydrogen-bond acceptors (Lipinski definition) is 3. The predicted octanol–water partition coefficient (Wildman–Crippen LogP) is 3.89. The Labute approximate surface area is 132 Å². The van der Waals surface area contributed by atoms with E-state index >= 15 is 0 Å². The molecule has 0 aliphatic carbocycles. The molecule has 0 saturated heterocycles. The molecule has 2 aromatic rings. The lowest BCUT2D eigenvalue weighted by atomic mass is 10.0. The molecule has 2 rings (SSSR count). The largest absolute Gasteiger partial charge is 0.309 e. The maximum atomic E-state index is 4.58. The van der Waals surface area contributed by atoms with Gasteiger partial charge in [0.2, 0.25) is 0 Å². The van der Waals surface area contributed by atoms with Crippen LogP contribution in [0.3, 0.4) is 0 Å². The summed E-state index contributed by atoms with van der Waals surface area (Å²) in [5, 5.41) is 10.5. The number of thiophene rings is 1. The number of aromatic nitrogens is 2. The average molecular weight is 305 g/mol. The van der Waals surface area contributed by atoms with Gasteiger partial charge in [0, 0.05) is 30.1 Å². The minimum Gasteiger partial charge on any atom is -0.309 e. The Morgan fingerprint density at radius 3 is 2.71 bits per heavy atom. The Balaban J connectivity index is 2.21. The zero-order valence-corrected chi connectivity index (χ0v) is 14.5. The number of rotatable bonds is 8. The van der Waals surface area contributed by atoms with Gasteiger partial charge in [0.05, 0.1) is 5.69 Å². The quantitative estimate of drug-likeness (QED) is 0.802. The van der Waals surface area contributed by atoms with E-state index in [9.17, 15) is 0 Å². The molecule has 3 nitrogen and oxygen atoms in total. The van der Waals surface area contributed by atoms with E-state index in [0.717, 1.165) is 32.2 Å². The van der Waals surface area contributed by atoms with Crippen molar-refractivity contribution in [2.45, 2.75) is 52.5 Å². The first-order valence-corrected chi connectivity index (χ1v) is 8.88. The SMILES string of the molecule is CCCNC(Cc1cc(CC)nn1C)c1sccc1CC. The second-order valence-electron chi connectivity index (χ2n) is 5.48. The van der Waals surface area contributed by atoms with Gasteiger partial charge in [-0.2, -0.15) is 5.10 Å².